The Labute approximate surface area is 173 Å². The molecule has 0 radical (unpaired) electrons. The van der Waals surface area contributed by atoms with Gasteiger partial charge in [-0.1, -0.05) is 6.58 Å². The molecule has 9 heteroatoms. The number of imidazole rings is 1. The molecule has 0 aliphatic carbocycles. The average molecular weight is 411 g/mol. The predicted octanol–water partition coefficient (Wildman–Crippen LogP) is 4.01. The van der Waals surface area contributed by atoms with Crippen LogP contribution in [0.1, 0.15) is 17.7 Å². The average Bonchev–Trinajstić information content (AvgIpc) is 3.32. The van der Waals surface area contributed by atoms with Crippen LogP contribution >= 0.6 is 0 Å². The number of nitrogens with one attached hydrogen (secondary N) is 2. The topological polar surface area (TPSA) is 70.9 Å². The van der Waals surface area contributed by atoms with E-state index in [-0.39, 0.29) is 5.69 Å². The maximum atomic E-state index is 14.4. The number of hydrogen-bond acceptors (Lipinski definition) is 6. The first-order valence-electron chi connectivity index (χ1n) is 9.69. The Morgan fingerprint density at radius 2 is 2.10 bits per heavy atom. The van der Waals surface area contributed by atoms with Crippen LogP contribution in [0.25, 0.3) is 0 Å². The summed E-state index contributed by atoms with van der Waals surface area (Å²) in [6, 6.07) is 3.56. The molecule has 1 aliphatic rings. The smallest absolute Gasteiger partial charge is 0.230 e. The van der Waals surface area contributed by atoms with Gasteiger partial charge in [0.1, 0.15) is 23.3 Å². The molecule has 0 saturated heterocycles. The molecule has 0 atom stereocenters. The van der Waals surface area contributed by atoms with E-state index in [1.165, 1.54) is 12.1 Å². The molecule has 0 unspecified atom stereocenters. The van der Waals surface area contributed by atoms with Crippen LogP contribution in [0.15, 0.2) is 43.0 Å². The molecule has 2 N–H and O–H groups in total. The Kier molecular flexibility index (Phi) is 5.35. The molecule has 7 nitrogen and oxygen atoms in total. The summed E-state index contributed by atoms with van der Waals surface area (Å²) < 4.78 is 29.7. The number of aryl methyl sites for hydroxylation is 2. The first kappa shape index (κ1) is 19.8. The van der Waals surface area contributed by atoms with Crippen molar-refractivity contribution in [2.24, 2.45) is 0 Å². The molecule has 30 heavy (non-hydrogen) atoms. The molecular formula is C21H23F2N7. The van der Waals surface area contributed by atoms with E-state index in [0.29, 0.717) is 37.0 Å². The highest BCUT2D eigenvalue weighted by atomic mass is 19.1. The van der Waals surface area contributed by atoms with E-state index in [0.717, 1.165) is 29.6 Å². The van der Waals surface area contributed by atoms with Gasteiger partial charge in [0.25, 0.3) is 0 Å². The predicted molar refractivity (Wildman–Crippen MR) is 113 cm³/mol. The summed E-state index contributed by atoms with van der Waals surface area (Å²) in [7, 11) is 1.78. The molecule has 3 heterocycles. The van der Waals surface area contributed by atoms with Crippen LogP contribution in [0.4, 0.5) is 32.1 Å². The number of fused-ring (bicyclic) bond motifs is 1. The third-order valence-corrected chi connectivity index (χ3v) is 4.99. The van der Waals surface area contributed by atoms with Crippen LogP contribution in [0, 0.1) is 18.6 Å². The Hall–Kier alpha value is -3.49. The number of allylic oxidation sites excluding steroid dienone is 1. The number of benzene rings is 1. The maximum absolute atomic E-state index is 14.4. The van der Waals surface area contributed by atoms with Gasteiger partial charge in [0, 0.05) is 50.1 Å². The van der Waals surface area contributed by atoms with Crippen molar-refractivity contribution in [3.8, 4) is 0 Å². The molecule has 4 rings (SSSR count). The molecule has 2 aromatic heterocycles. The molecular weight excluding hydrogens is 388 g/mol. The van der Waals surface area contributed by atoms with E-state index < -0.39 is 11.6 Å². The lowest BCUT2D eigenvalue weighted by molar-refractivity contribution is 0.582. The van der Waals surface area contributed by atoms with Crippen LogP contribution in [-0.4, -0.2) is 33.1 Å². The van der Waals surface area contributed by atoms with Gasteiger partial charge in [0.05, 0.1) is 17.7 Å². The summed E-state index contributed by atoms with van der Waals surface area (Å²) in [4.78, 5) is 15.1. The fourth-order valence-corrected chi connectivity index (χ4v) is 3.53. The van der Waals surface area contributed by atoms with Crippen LogP contribution in [-0.2, 0) is 13.0 Å². The summed E-state index contributed by atoms with van der Waals surface area (Å²) in [6.07, 6.45) is 5.07. The third kappa shape index (κ3) is 3.96. The quantitative estimate of drug-likeness (QED) is 0.612. The second kappa shape index (κ2) is 8.10. The highest BCUT2D eigenvalue weighted by Gasteiger charge is 2.28. The van der Waals surface area contributed by atoms with Crippen LogP contribution < -0.4 is 15.5 Å². The molecule has 0 amide bonds. The van der Waals surface area contributed by atoms with Crippen molar-refractivity contribution in [2.75, 3.05) is 29.1 Å². The van der Waals surface area contributed by atoms with E-state index >= 15 is 0 Å². The van der Waals surface area contributed by atoms with E-state index in [1.807, 2.05) is 17.7 Å². The summed E-state index contributed by atoms with van der Waals surface area (Å²) in [5, 5.41) is 6.23. The SMILES string of the molecule is C=C(CCn1cnc(C)c1)Nc1nc(NC)c2c(n1)N(c1ccc(F)cc1F)CC2. The van der Waals surface area contributed by atoms with Gasteiger partial charge in [-0.25, -0.2) is 13.8 Å². The minimum atomic E-state index is -0.623. The molecule has 3 aromatic rings. The van der Waals surface area contributed by atoms with Crippen LogP contribution in [0.3, 0.4) is 0 Å². The Morgan fingerprint density at radius 1 is 1.27 bits per heavy atom. The Balaban J connectivity index is 1.56. The summed E-state index contributed by atoms with van der Waals surface area (Å²) in [6.45, 7) is 7.26. The first-order chi connectivity index (χ1) is 14.4. The van der Waals surface area contributed by atoms with Gasteiger partial charge in [0.15, 0.2) is 0 Å². The lowest BCUT2D eigenvalue weighted by Gasteiger charge is -2.20. The lowest BCUT2D eigenvalue weighted by atomic mass is 10.2. The van der Waals surface area contributed by atoms with E-state index in [4.69, 9.17) is 0 Å². The van der Waals surface area contributed by atoms with Crippen molar-refractivity contribution >= 4 is 23.3 Å². The second-order valence-electron chi connectivity index (χ2n) is 7.18. The van der Waals surface area contributed by atoms with Crippen molar-refractivity contribution < 1.29 is 8.78 Å². The van der Waals surface area contributed by atoms with Gasteiger partial charge in [-0.3, -0.25) is 0 Å². The highest BCUT2D eigenvalue weighted by Crippen LogP contribution is 2.38. The first-order valence-corrected chi connectivity index (χ1v) is 9.69. The lowest BCUT2D eigenvalue weighted by Crippen LogP contribution is -2.17. The van der Waals surface area contributed by atoms with E-state index in [9.17, 15) is 8.78 Å². The zero-order valence-corrected chi connectivity index (χ0v) is 16.9. The number of anilines is 4. The minimum absolute atomic E-state index is 0.288. The van der Waals surface area contributed by atoms with Gasteiger partial charge in [-0.05, 0) is 25.5 Å². The second-order valence-corrected chi connectivity index (χ2v) is 7.18. The van der Waals surface area contributed by atoms with Gasteiger partial charge in [-0.2, -0.15) is 9.97 Å². The number of hydrogen-bond donors (Lipinski definition) is 2. The molecule has 0 saturated carbocycles. The standard InChI is InChI=1S/C21H23F2N7/c1-13(6-8-29-11-14(2)25-12-29)26-21-27-19(24-3)16-7-9-30(20(16)28-21)18-5-4-15(22)10-17(18)23/h4-5,10-12H,1,6-9H2,2-3H3,(H2,24,26,27,28). The molecule has 1 aliphatic heterocycles. The van der Waals surface area contributed by atoms with Crippen molar-refractivity contribution in [1.82, 2.24) is 19.5 Å². The third-order valence-electron chi connectivity index (χ3n) is 4.99. The van der Waals surface area contributed by atoms with Crippen molar-refractivity contribution in [2.45, 2.75) is 26.3 Å². The van der Waals surface area contributed by atoms with Gasteiger partial charge < -0.3 is 20.1 Å². The molecule has 0 spiro atoms. The zero-order valence-electron chi connectivity index (χ0n) is 16.9. The summed E-state index contributed by atoms with van der Waals surface area (Å²) in [5.41, 5.74) is 2.89. The highest BCUT2D eigenvalue weighted by molar-refractivity contribution is 5.73. The minimum Gasteiger partial charge on any atom is -0.373 e. The van der Waals surface area contributed by atoms with Crippen molar-refractivity contribution in [1.29, 1.82) is 0 Å². The van der Waals surface area contributed by atoms with Gasteiger partial charge in [0.2, 0.25) is 5.95 Å². The number of rotatable bonds is 7. The van der Waals surface area contributed by atoms with Crippen molar-refractivity contribution in [3.63, 3.8) is 0 Å². The number of halogens is 2. The van der Waals surface area contributed by atoms with Gasteiger partial charge in [-0.15, -0.1) is 0 Å². The summed E-state index contributed by atoms with van der Waals surface area (Å²) in [5.74, 6) is 0.410. The summed E-state index contributed by atoms with van der Waals surface area (Å²) >= 11 is 0. The largest absolute Gasteiger partial charge is 0.373 e. The van der Waals surface area contributed by atoms with E-state index in [1.54, 1.807) is 18.3 Å². The monoisotopic (exact) mass is 411 g/mol. The van der Waals surface area contributed by atoms with Crippen molar-refractivity contribution in [3.05, 3.63) is 65.9 Å². The van der Waals surface area contributed by atoms with Crippen LogP contribution in [0.2, 0.25) is 0 Å². The van der Waals surface area contributed by atoms with Gasteiger partial charge >= 0.3 is 0 Å². The molecule has 156 valence electrons. The number of nitrogens with zero attached hydrogens (tertiary/aromatic N) is 5. The fraction of sp³-hybridized carbons (Fsp3) is 0.286. The molecule has 1 aromatic carbocycles. The molecule has 0 fully saturated rings. The zero-order chi connectivity index (χ0) is 21.3. The Bertz CT molecular complexity index is 1090. The van der Waals surface area contributed by atoms with E-state index in [2.05, 4.69) is 32.2 Å². The fourth-order valence-electron chi connectivity index (χ4n) is 3.53. The normalized spacial score (nSPS) is 12.7. The van der Waals surface area contributed by atoms with Crippen LogP contribution in [0.5, 0.6) is 0 Å². The molecule has 0 bridgehead atoms. The maximum Gasteiger partial charge on any atom is 0.230 e. The Morgan fingerprint density at radius 3 is 2.80 bits per heavy atom. The number of aromatic nitrogens is 4.